The highest BCUT2D eigenvalue weighted by atomic mass is 16.5. The molecular weight excluding hydrogens is 562 g/mol. The number of fused-ring (bicyclic) bond motifs is 1. The van der Waals surface area contributed by atoms with E-state index in [9.17, 15) is 9.90 Å². The number of hydrogen-bond acceptors (Lipinski definition) is 5. The number of aromatic nitrogens is 3. The van der Waals surface area contributed by atoms with Gasteiger partial charge in [0.1, 0.15) is 5.75 Å². The maximum absolute atomic E-state index is 12.9. The van der Waals surface area contributed by atoms with Crippen LogP contribution in [0, 0.1) is 13.8 Å². The van der Waals surface area contributed by atoms with Gasteiger partial charge < -0.3 is 14.6 Å². The van der Waals surface area contributed by atoms with Crippen LogP contribution in [0.1, 0.15) is 49.1 Å². The third-order valence-electron chi connectivity index (χ3n) is 8.41. The maximum Gasteiger partial charge on any atom is 0.337 e. The summed E-state index contributed by atoms with van der Waals surface area (Å²) in [6.45, 7) is 10.3. The Bertz CT molecular complexity index is 2110. The zero-order valence-electron chi connectivity index (χ0n) is 26.1. The van der Waals surface area contributed by atoms with Crippen molar-refractivity contribution in [3.8, 4) is 39.3 Å². The normalized spacial score (nSPS) is 13.6. The van der Waals surface area contributed by atoms with Crippen molar-refractivity contribution < 1.29 is 19.4 Å². The summed E-state index contributed by atoms with van der Waals surface area (Å²) in [6, 6.07) is 24.7. The van der Waals surface area contributed by atoms with Crippen LogP contribution < -0.4 is 4.74 Å². The second-order valence-electron chi connectivity index (χ2n) is 12.7. The van der Waals surface area contributed by atoms with Crippen LogP contribution in [0.3, 0.4) is 0 Å². The fourth-order valence-electron chi connectivity index (χ4n) is 6.46. The van der Waals surface area contributed by atoms with Gasteiger partial charge in [-0.1, -0.05) is 42.5 Å². The van der Waals surface area contributed by atoms with E-state index < -0.39 is 17.7 Å². The molecule has 0 amide bonds. The molecule has 0 saturated heterocycles. The fraction of sp³-hybridized carbons (Fsp3) is 0.237. The molecule has 0 radical (unpaired) electrons. The lowest BCUT2D eigenvalue weighted by molar-refractivity contribution is -0.160. The quantitative estimate of drug-likeness (QED) is 0.208. The molecule has 4 heterocycles. The van der Waals surface area contributed by atoms with Crippen LogP contribution in [-0.4, -0.2) is 37.9 Å². The third-order valence-corrected chi connectivity index (χ3v) is 8.41. The van der Waals surface area contributed by atoms with Crippen LogP contribution in [0.5, 0.6) is 5.75 Å². The van der Waals surface area contributed by atoms with E-state index in [2.05, 4.69) is 37.3 Å². The number of aliphatic carboxylic acids is 1. The minimum atomic E-state index is -1.21. The van der Waals surface area contributed by atoms with Crippen molar-refractivity contribution in [1.29, 1.82) is 0 Å². The average molecular weight is 598 g/mol. The molecule has 0 bridgehead atoms. The number of nitrogens with zero attached hydrogens (tertiary/aromatic N) is 3. The lowest BCUT2D eigenvalue weighted by atomic mass is 9.89. The Balaban J connectivity index is 1.51. The molecule has 0 saturated carbocycles. The molecule has 1 aliphatic heterocycles. The van der Waals surface area contributed by atoms with Crippen LogP contribution in [-0.2, 0) is 16.0 Å². The predicted octanol–water partition coefficient (Wildman–Crippen LogP) is 8.38. The Kier molecular flexibility index (Phi) is 6.94. The zero-order chi connectivity index (χ0) is 31.5. The Morgan fingerprint density at radius 1 is 0.956 bits per heavy atom. The highest BCUT2D eigenvalue weighted by Gasteiger charge is 2.33. The summed E-state index contributed by atoms with van der Waals surface area (Å²) in [6.07, 6.45) is 3.29. The van der Waals surface area contributed by atoms with E-state index in [4.69, 9.17) is 19.6 Å². The smallest absolute Gasteiger partial charge is 0.337 e. The standard InChI is InChI=1S/C38H35N3O4/c1-22-9-6-7-12-27(22)25-10-8-11-26(19-25)29-20-30-34(28-13-14-31-33-24(16-18-44-31)15-17-39-35(28)33)32(23(2)21-41(30)40-29)36(37(42)43)45-38(3,4)5/h6-15,17,19-21,36H,16,18H2,1-5H3,(H,42,43). The highest BCUT2D eigenvalue weighted by molar-refractivity contribution is 6.04. The number of hydrogen-bond donors (Lipinski definition) is 1. The number of benzene rings is 3. The van der Waals surface area contributed by atoms with Gasteiger partial charge in [0.25, 0.3) is 0 Å². The molecule has 0 spiro atoms. The second kappa shape index (κ2) is 10.9. The Morgan fingerprint density at radius 3 is 2.53 bits per heavy atom. The summed E-state index contributed by atoms with van der Waals surface area (Å²) in [5.74, 6) is -0.264. The molecular formula is C38H35N3O4. The first-order valence-electron chi connectivity index (χ1n) is 15.2. The Hall–Kier alpha value is -5.01. The Labute approximate surface area is 262 Å². The van der Waals surface area contributed by atoms with Gasteiger partial charge in [0, 0.05) is 46.5 Å². The van der Waals surface area contributed by atoms with Crippen molar-refractivity contribution in [3.63, 3.8) is 0 Å². The molecule has 1 N–H and O–H groups in total. The minimum absolute atomic E-state index is 0.587. The largest absolute Gasteiger partial charge is 0.493 e. The summed E-state index contributed by atoms with van der Waals surface area (Å²) in [5, 5.41) is 16.6. The molecule has 6 aromatic rings. The van der Waals surface area contributed by atoms with Gasteiger partial charge in [-0.25, -0.2) is 9.31 Å². The molecule has 7 heteroatoms. The van der Waals surface area contributed by atoms with Crippen molar-refractivity contribution >= 4 is 22.4 Å². The van der Waals surface area contributed by atoms with Crippen LogP contribution in [0.15, 0.2) is 85.2 Å². The van der Waals surface area contributed by atoms with Gasteiger partial charge in [0.05, 0.1) is 28.9 Å². The lowest BCUT2D eigenvalue weighted by Crippen LogP contribution is -2.28. The van der Waals surface area contributed by atoms with Crippen LogP contribution in [0.2, 0.25) is 0 Å². The van der Waals surface area contributed by atoms with Crippen molar-refractivity contribution in [2.45, 2.75) is 52.7 Å². The second-order valence-corrected chi connectivity index (χ2v) is 12.7. The molecule has 3 aromatic carbocycles. The summed E-state index contributed by atoms with van der Waals surface area (Å²) in [5.41, 5.74) is 10.1. The van der Waals surface area contributed by atoms with E-state index in [1.54, 1.807) is 0 Å². The van der Waals surface area contributed by atoms with Crippen LogP contribution >= 0.6 is 0 Å². The topological polar surface area (TPSA) is 86.0 Å². The highest BCUT2D eigenvalue weighted by Crippen LogP contribution is 2.44. The number of rotatable bonds is 6. The Morgan fingerprint density at radius 2 is 1.76 bits per heavy atom. The van der Waals surface area contributed by atoms with Gasteiger partial charge in [0.15, 0.2) is 6.10 Å². The first kappa shape index (κ1) is 28.7. The molecule has 7 rings (SSSR count). The van der Waals surface area contributed by atoms with Gasteiger partial charge in [-0.15, -0.1) is 0 Å². The van der Waals surface area contributed by atoms with E-state index in [1.165, 1.54) is 11.1 Å². The van der Waals surface area contributed by atoms with Gasteiger partial charge in [-0.3, -0.25) is 4.98 Å². The lowest BCUT2D eigenvalue weighted by Gasteiger charge is -2.28. The van der Waals surface area contributed by atoms with Crippen LogP contribution in [0.25, 0.3) is 49.9 Å². The average Bonchev–Trinajstić information content (AvgIpc) is 3.44. The monoisotopic (exact) mass is 597 g/mol. The number of carboxylic acids is 1. The van der Waals surface area contributed by atoms with E-state index >= 15 is 0 Å². The predicted molar refractivity (Wildman–Crippen MR) is 177 cm³/mol. The first-order chi connectivity index (χ1) is 21.6. The van der Waals surface area contributed by atoms with E-state index in [-0.39, 0.29) is 0 Å². The molecule has 1 atom stereocenters. The molecule has 1 unspecified atom stereocenters. The third kappa shape index (κ3) is 5.13. The zero-order valence-corrected chi connectivity index (χ0v) is 26.1. The summed E-state index contributed by atoms with van der Waals surface area (Å²) in [7, 11) is 0. The fourth-order valence-corrected chi connectivity index (χ4v) is 6.46. The number of ether oxygens (including phenoxy) is 2. The molecule has 1 aliphatic rings. The van der Waals surface area contributed by atoms with Gasteiger partial charge >= 0.3 is 5.97 Å². The SMILES string of the molecule is Cc1ccccc1-c1cccc(-c2cc3c(-c4ccc5c6c(ccnc46)CCO5)c(C(OC(C)(C)C)C(=O)O)c(C)cn3n2)c1. The number of aryl methyl sites for hydroxylation is 2. The number of pyridine rings is 2. The molecule has 45 heavy (non-hydrogen) atoms. The maximum atomic E-state index is 12.9. The van der Waals surface area contributed by atoms with Gasteiger partial charge in [-0.2, -0.15) is 5.10 Å². The molecule has 0 aliphatic carbocycles. The minimum Gasteiger partial charge on any atom is -0.493 e. The van der Waals surface area contributed by atoms with E-state index in [0.29, 0.717) is 12.2 Å². The van der Waals surface area contributed by atoms with E-state index in [1.807, 2.05) is 87.1 Å². The van der Waals surface area contributed by atoms with Gasteiger partial charge in [0.2, 0.25) is 0 Å². The summed E-state index contributed by atoms with van der Waals surface area (Å²) < 4.78 is 14.1. The first-order valence-corrected chi connectivity index (χ1v) is 15.2. The molecule has 7 nitrogen and oxygen atoms in total. The summed E-state index contributed by atoms with van der Waals surface area (Å²) in [4.78, 5) is 17.8. The van der Waals surface area contributed by atoms with E-state index in [0.717, 1.165) is 67.7 Å². The van der Waals surface area contributed by atoms with Gasteiger partial charge in [-0.05, 0) is 92.8 Å². The molecule has 226 valence electrons. The van der Waals surface area contributed by atoms with Crippen LogP contribution in [0.4, 0.5) is 0 Å². The number of carbonyl (C=O) groups is 1. The van der Waals surface area contributed by atoms with Crippen molar-refractivity contribution in [2.75, 3.05) is 6.61 Å². The van der Waals surface area contributed by atoms with Crippen molar-refractivity contribution in [1.82, 2.24) is 14.6 Å². The number of carboxylic acid groups (broad SMARTS) is 1. The molecule has 0 fully saturated rings. The van der Waals surface area contributed by atoms with Crippen molar-refractivity contribution in [2.24, 2.45) is 0 Å². The van der Waals surface area contributed by atoms with Crippen molar-refractivity contribution in [3.05, 3.63) is 107 Å². The summed E-state index contributed by atoms with van der Waals surface area (Å²) >= 11 is 0. The molecule has 3 aromatic heterocycles.